The first-order valence-corrected chi connectivity index (χ1v) is 10.1. The number of halogens is 1. The van der Waals surface area contributed by atoms with E-state index < -0.39 is 22.8 Å². The molecule has 3 aromatic rings. The summed E-state index contributed by atoms with van der Waals surface area (Å²) >= 11 is 0. The molecule has 4 rings (SSSR count). The van der Waals surface area contributed by atoms with E-state index in [0.717, 1.165) is 0 Å². The van der Waals surface area contributed by atoms with Crippen molar-refractivity contribution in [1.29, 1.82) is 0 Å². The Morgan fingerprint density at radius 2 is 2.00 bits per heavy atom. The van der Waals surface area contributed by atoms with Gasteiger partial charge in [-0.15, -0.1) is 0 Å². The highest BCUT2D eigenvalue weighted by Crippen LogP contribution is 2.30. The summed E-state index contributed by atoms with van der Waals surface area (Å²) in [5, 5.41) is 22.1. The number of nitrogens with one attached hydrogen (secondary N) is 1. The van der Waals surface area contributed by atoms with Gasteiger partial charge in [0.2, 0.25) is 5.43 Å². The van der Waals surface area contributed by atoms with Crippen LogP contribution in [0.4, 0.5) is 10.1 Å². The Kier molecular flexibility index (Phi) is 5.18. The standard InChI is InChI=1S/C22H25FN4O4/c1-22(2,3)27-11-15(21(30)31)19(29)14-6-12-7-16(23)18(8-17(12)25-20(14)27)26-9-13(10-26)24-4-5-28/h6-8,11,13,24,28H,4-5,9-10H2,1-3H3,(H,30,31). The van der Waals surface area contributed by atoms with E-state index in [9.17, 15) is 19.1 Å². The largest absolute Gasteiger partial charge is 0.477 e. The van der Waals surface area contributed by atoms with Crippen molar-refractivity contribution < 1.29 is 19.4 Å². The van der Waals surface area contributed by atoms with Gasteiger partial charge in [-0.1, -0.05) is 0 Å². The predicted octanol–water partition coefficient (Wildman–Crippen LogP) is 1.91. The molecule has 0 atom stereocenters. The van der Waals surface area contributed by atoms with Gasteiger partial charge in [-0.05, 0) is 39.0 Å². The Bertz CT molecular complexity index is 1240. The van der Waals surface area contributed by atoms with Crippen LogP contribution in [-0.2, 0) is 5.54 Å². The van der Waals surface area contributed by atoms with Gasteiger partial charge in [-0.2, -0.15) is 0 Å². The maximum atomic E-state index is 14.8. The van der Waals surface area contributed by atoms with Crippen LogP contribution in [-0.4, -0.2) is 58.0 Å². The van der Waals surface area contributed by atoms with Crippen LogP contribution in [0, 0.1) is 5.82 Å². The highest BCUT2D eigenvalue weighted by Gasteiger charge is 2.29. The normalized spacial score (nSPS) is 14.9. The lowest BCUT2D eigenvalue weighted by molar-refractivity contribution is 0.0694. The Morgan fingerprint density at radius 3 is 2.61 bits per heavy atom. The van der Waals surface area contributed by atoms with Gasteiger partial charge in [0, 0.05) is 42.8 Å². The summed E-state index contributed by atoms with van der Waals surface area (Å²) in [6.07, 6.45) is 1.32. The lowest BCUT2D eigenvalue weighted by Gasteiger charge is -2.41. The third-order valence-corrected chi connectivity index (χ3v) is 5.56. The molecule has 31 heavy (non-hydrogen) atoms. The molecule has 0 radical (unpaired) electrons. The number of nitrogens with zero attached hydrogens (tertiary/aromatic N) is 3. The second-order valence-corrected chi connectivity index (χ2v) is 8.85. The Balaban J connectivity index is 1.85. The second-order valence-electron chi connectivity index (χ2n) is 8.85. The number of rotatable bonds is 5. The molecule has 0 spiro atoms. The maximum Gasteiger partial charge on any atom is 0.341 e. The van der Waals surface area contributed by atoms with Gasteiger partial charge < -0.3 is 25.0 Å². The third-order valence-electron chi connectivity index (χ3n) is 5.56. The summed E-state index contributed by atoms with van der Waals surface area (Å²) < 4.78 is 16.5. The van der Waals surface area contributed by atoms with Crippen molar-refractivity contribution in [3.05, 3.63) is 46.0 Å². The lowest BCUT2D eigenvalue weighted by Crippen LogP contribution is -2.58. The quantitative estimate of drug-likeness (QED) is 0.533. The molecule has 1 aromatic carbocycles. The number of fused-ring (bicyclic) bond motifs is 2. The number of aromatic carboxylic acids is 1. The van der Waals surface area contributed by atoms with Crippen LogP contribution in [0.2, 0.25) is 0 Å². The number of aliphatic hydroxyl groups is 1. The lowest BCUT2D eigenvalue weighted by atomic mass is 10.0. The summed E-state index contributed by atoms with van der Waals surface area (Å²) in [6.45, 7) is 7.46. The predicted molar refractivity (Wildman–Crippen MR) is 117 cm³/mol. The molecular weight excluding hydrogens is 403 g/mol. The van der Waals surface area contributed by atoms with E-state index in [1.54, 1.807) is 10.6 Å². The topological polar surface area (TPSA) is 108 Å². The van der Waals surface area contributed by atoms with Crippen LogP contribution in [0.25, 0.3) is 21.9 Å². The van der Waals surface area contributed by atoms with Crippen molar-refractivity contribution >= 4 is 33.6 Å². The average Bonchev–Trinajstić information content (AvgIpc) is 2.65. The minimum absolute atomic E-state index is 0.0525. The first-order chi connectivity index (χ1) is 14.6. The highest BCUT2D eigenvalue weighted by molar-refractivity contribution is 5.97. The fourth-order valence-corrected chi connectivity index (χ4v) is 3.90. The number of pyridine rings is 2. The highest BCUT2D eigenvalue weighted by atomic mass is 19.1. The van der Waals surface area contributed by atoms with Crippen LogP contribution >= 0.6 is 0 Å². The molecule has 1 aliphatic rings. The second kappa shape index (κ2) is 7.58. The maximum absolute atomic E-state index is 14.8. The molecule has 164 valence electrons. The van der Waals surface area contributed by atoms with Crippen molar-refractivity contribution in [3.63, 3.8) is 0 Å². The van der Waals surface area contributed by atoms with E-state index in [-0.39, 0.29) is 23.6 Å². The van der Waals surface area contributed by atoms with Gasteiger partial charge in [0.25, 0.3) is 0 Å². The van der Waals surface area contributed by atoms with E-state index in [4.69, 9.17) is 5.11 Å². The van der Waals surface area contributed by atoms with Gasteiger partial charge in [0.1, 0.15) is 17.0 Å². The molecule has 1 fully saturated rings. The van der Waals surface area contributed by atoms with E-state index in [0.29, 0.717) is 41.9 Å². The average molecular weight is 428 g/mol. The molecule has 8 nitrogen and oxygen atoms in total. The van der Waals surface area contributed by atoms with Crippen LogP contribution in [0.1, 0.15) is 31.1 Å². The summed E-state index contributed by atoms with van der Waals surface area (Å²) in [5.74, 6) is -1.74. The number of aliphatic hydroxyl groups excluding tert-OH is 1. The van der Waals surface area contributed by atoms with Crippen molar-refractivity contribution in [2.24, 2.45) is 0 Å². The van der Waals surface area contributed by atoms with E-state index >= 15 is 0 Å². The molecule has 1 aliphatic heterocycles. The number of aromatic nitrogens is 2. The number of carboxylic acid groups (broad SMARTS) is 1. The van der Waals surface area contributed by atoms with Crippen molar-refractivity contribution in [2.75, 3.05) is 31.1 Å². The zero-order chi connectivity index (χ0) is 22.5. The minimum Gasteiger partial charge on any atom is -0.477 e. The van der Waals surface area contributed by atoms with Crippen molar-refractivity contribution in [3.8, 4) is 0 Å². The first kappa shape index (κ1) is 21.2. The van der Waals surface area contributed by atoms with Gasteiger partial charge in [-0.25, -0.2) is 14.2 Å². The molecule has 1 saturated heterocycles. The molecule has 3 N–H and O–H groups in total. The number of carboxylic acids is 1. The van der Waals surface area contributed by atoms with E-state index in [1.165, 1.54) is 18.3 Å². The van der Waals surface area contributed by atoms with Crippen LogP contribution in [0.3, 0.4) is 0 Å². The number of benzene rings is 1. The molecule has 9 heteroatoms. The van der Waals surface area contributed by atoms with Crippen molar-refractivity contribution in [1.82, 2.24) is 14.9 Å². The third kappa shape index (κ3) is 3.75. The number of hydrogen-bond donors (Lipinski definition) is 3. The summed E-state index contributed by atoms with van der Waals surface area (Å²) in [7, 11) is 0. The van der Waals surface area contributed by atoms with Gasteiger partial charge in [0.05, 0.1) is 23.2 Å². The first-order valence-electron chi connectivity index (χ1n) is 10.1. The zero-order valence-corrected chi connectivity index (χ0v) is 17.6. The van der Waals surface area contributed by atoms with E-state index in [2.05, 4.69) is 10.3 Å². The SMILES string of the molecule is CC(C)(C)n1cc(C(=O)O)c(=O)c2cc3cc(F)c(N4CC(NCCO)C4)cc3nc21. The summed E-state index contributed by atoms with van der Waals surface area (Å²) in [4.78, 5) is 30.9. The fourth-order valence-electron chi connectivity index (χ4n) is 3.90. The molecule has 0 saturated carbocycles. The summed E-state index contributed by atoms with van der Waals surface area (Å²) in [6, 6.07) is 4.70. The van der Waals surface area contributed by atoms with Crippen LogP contribution in [0.5, 0.6) is 0 Å². The monoisotopic (exact) mass is 428 g/mol. The van der Waals surface area contributed by atoms with Gasteiger partial charge in [-0.3, -0.25) is 4.79 Å². The Morgan fingerprint density at radius 1 is 1.29 bits per heavy atom. The van der Waals surface area contributed by atoms with Gasteiger partial charge >= 0.3 is 5.97 Å². The number of anilines is 1. The number of hydrogen-bond acceptors (Lipinski definition) is 6. The molecule has 0 aliphatic carbocycles. The zero-order valence-electron chi connectivity index (χ0n) is 17.6. The Labute approximate surface area is 177 Å². The molecule has 0 bridgehead atoms. The van der Waals surface area contributed by atoms with Crippen molar-refractivity contribution in [2.45, 2.75) is 32.4 Å². The minimum atomic E-state index is -1.31. The molecular formula is C22H25FN4O4. The Hall–Kier alpha value is -3.04. The molecule has 2 aromatic heterocycles. The molecule has 3 heterocycles. The van der Waals surface area contributed by atoms with Crippen LogP contribution < -0.4 is 15.6 Å². The van der Waals surface area contributed by atoms with Gasteiger partial charge in [0.15, 0.2) is 0 Å². The summed E-state index contributed by atoms with van der Waals surface area (Å²) in [5.41, 5.74) is -0.198. The van der Waals surface area contributed by atoms with Crippen LogP contribution in [0.15, 0.2) is 29.2 Å². The molecule has 0 amide bonds. The van der Waals surface area contributed by atoms with E-state index in [1.807, 2.05) is 25.7 Å². The number of carbonyl (C=O) groups is 1. The fraction of sp³-hybridized carbons (Fsp3) is 0.409. The molecule has 0 unspecified atom stereocenters. The smallest absolute Gasteiger partial charge is 0.341 e.